The van der Waals surface area contributed by atoms with Crippen molar-refractivity contribution in [2.45, 2.75) is 30.8 Å². The number of aromatic nitrogens is 3. The second kappa shape index (κ2) is 7.48. The van der Waals surface area contributed by atoms with Crippen molar-refractivity contribution in [3.05, 3.63) is 59.0 Å². The van der Waals surface area contributed by atoms with E-state index in [4.69, 9.17) is 0 Å². The Bertz CT molecular complexity index is 956. The zero-order valence-electron chi connectivity index (χ0n) is 14.0. The van der Waals surface area contributed by atoms with Crippen LogP contribution in [0.5, 0.6) is 0 Å². The Kier molecular flexibility index (Phi) is 5.14. The average Bonchev–Trinajstić information content (AvgIpc) is 2.63. The number of carbonyl (C=O) groups is 1. The smallest absolute Gasteiger partial charge is 0.262 e. The summed E-state index contributed by atoms with van der Waals surface area (Å²) >= 11 is 1.26. The van der Waals surface area contributed by atoms with Crippen molar-refractivity contribution in [1.29, 1.82) is 0 Å². The second-order valence-electron chi connectivity index (χ2n) is 5.43. The number of para-hydroxylation sites is 1. The van der Waals surface area contributed by atoms with Crippen LogP contribution in [0.25, 0.3) is 10.9 Å². The number of fused-ring (bicyclic) bond motifs is 1. The molecule has 0 aliphatic rings. The van der Waals surface area contributed by atoms with Gasteiger partial charge >= 0.3 is 0 Å². The molecule has 2 aromatic heterocycles. The Labute approximate surface area is 149 Å². The molecule has 1 aromatic carbocycles. The molecule has 1 N–H and O–H groups in total. The van der Waals surface area contributed by atoms with E-state index in [1.807, 2.05) is 19.1 Å². The third-order valence-corrected chi connectivity index (χ3v) is 4.80. The lowest BCUT2D eigenvalue weighted by Crippen LogP contribution is -2.26. The van der Waals surface area contributed by atoms with Crippen LogP contribution in [0.4, 0.5) is 5.82 Å². The number of thioether (sulfide) groups is 1. The van der Waals surface area contributed by atoms with Gasteiger partial charge in [0.25, 0.3) is 5.56 Å². The Morgan fingerprint density at radius 2 is 2.00 bits per heavy atom. The number of rotatable bonds is 5. The summed E-state index contributed by atoms with van der Waals surface area (Å²) in [7, 11) is 0. The van der Waals surface area contributed by atoms with Crippen LogP contribution in [-0.4, -0.2) is 25.7 Å². The number of nitrogens with one attached hydrogen (secondary N) is 1. The Morgan fingerprint density at radius 1 is 1.24 bits per heavy atom. The van der Waals surface area contributed by atoms with Crippen LogP contribution in [0.1, 0.15) is 13.8 Å². The highest BCUT2D eigenvalue weighted by Crippen LogP contribution is 2.23. The molecule has 3 aromatic rings. The van der Waals surface area contributed by atoms with Gasteiger partial charge in [0, 0.05) is 12.7 Å². The molecule has 1 atom stereocenters. The highest BCUT2D eigenvalue weighted by atomic mass is 32.2. The Hall–Kier alpha value is -2.67. The summed E-state index contributed by atoms with van der Waals surface area (Å²) in [5.74, 6) is 0.313. The van der Waals surface area contributed by atoms with Gasteiger partial charge in [0.1, 0.15) is 5.82 Å². The molecule has 0 spiro atoms. The Morgan fingerprint density at radius 3 is 2.72 bits per heavy atom. The molecule has 0 saturated heterocycles. The summed E-state index contributed by atoms with van der Waals surface area (Å²) in [5.41, 5.74) is 0.546. The van der Waals surface area contributed by atoms with Crippen molar-refractivity contribution in [3.8, 4) is 0 Å². The van der Waals surface area contributed by atoms with Crippen LogP contribution >= 0.6 is 11.8 Å². The third-order valence-electron chi connectivity index (χ3n) is 3.71. The quantitative estimate of drug-likeness (QED) is 0.563. The van der Waals surface area contributed by atoms with Gasteiger partial charge < -0.3 is 5.32 Å². The number of hydrogen-bond donors (Lipinski definition) is 1. The van der Waals surface area contributed by atoms with Gasteiger partial charge in [0.15, 0.2) is 5.16 Å². The fourth-order valence-corrected chi connectivity index (χ4v) is 3.37. The van der Waals surface area contributed by atoms with Gasteiger partial charge in [-0.15, -0.1) is 0 Å². The van der Waals surface area contributed by atoms with E-state index < -0.39 is 5.25 Å². The zero-order chi connectivity index (χ0) is 17.8. The maximum atomic E-state index is 12.6. The normalized spacial score (nSPS) is 12.1. The highest BCUT2D eigenvalue weighted by Gasteiger charge is 2.19. The molecule has 6 nitrogen and oxygen atoms in total. The number of amides is 1. The van der Waals surface area contributed by atoms with Crippen LogP contribution in [0.3, 0.4) is 0 Å². The van der Waals surface area contributed by atoms with Crippen molar-refractivity contribution < 1.29 is 4.79 Å². The number of hydrogen-bond acceptors (Lipinski definition) is 5. The van der Waals surface area contributed by atoms with E-state index in [0.29, 0.717) is 28.4 Å². The second-order valence-corrected chi connectivity index (χ2v) is 6.73. The van der Waals surface area contributed by atoms with Crippen LogP contribution < -0.4 is 10.9 Å². The highest BCUT2D eigenvalue weighted by molar-refractivity contribution is 8.00. The van der Waals surface area contributed by atoms with Crippen molar-refractivity contribution in [3.63, 3.8) is 0 Å². The molecule has 7 heteroatoms. The molecule has 1 amide bonds. The van der Waals surface area contributed by atoms with E-state index in [-0.39, 0.29) is 11.5 Å². The molecule has 0 fully saturated rings. The lowest BCUT2D eigenvalue weighted by Gasteiger charge is -2.15. The summed E-state index contributed by atoms with van der Waals surface area (Å²) in [4.78, 5) is 33.7. The number of benzene rings is 1. The first-order valence-electron chi connectivity index (χ1n) is 7.98. The van der Waals surface area contributed by atoms with Gasteiger partial charge in [0.2, 0.25) is 5.91 Å². The maximum absolute atomic E-state index is 12.6. The molecule has 128 valence electrons. The van der Waals surface area contributed by atoms with Gasteiger partial charge in [-0.25, -0.2) is 9.97 Å². The maximum Gasteiger partial charge on any atom is 0.262 e. The van der Waals surface area contributed by atoms with Gasteiger partial charge in [-0.3, -0.25) is 14.2 Å². The van der Waals surface area contributed by atoms with Crippen molar-refractivity contribution in [1.82, 2.24) is 14.5 Å². The fraction of sp³-hybridized carbons (Fsp3) is 0.222. The minimum atomic E-state index is -0.423. The van der Waals surface area contributed by atoms with E-state index in [1.54, 1.807) is 48.0 Å². The molecule has 0 aliphatic carbocycles. The van der Waals surface area contributed by atoms with E-state index in [1.165, 1.54) is 11.8 Å². The molecule has 2 heterocycles. The molecule has 0 radical (unpaired) electrons. The van der Waals surface area contributed by atoms with Gasteiger partial charge in [0.05, 0.1) is 16.2 Å². The van der Waals surface area contributed by atoms with E-state index in [2.05, 4.69) is 15.3 Å². The minimum Gasteiger partial charge on any atom is -0.310 e. The third kappa shape index (κ3) is 3.71. The number of nitrogens with zero attached hydrogens (tertiary/aromatic N) is 3. The zero-order valence-corrected chi connectivity index (χ0v) is 14.8. The van der Waals surface area contributed by atoms with Gasteiger partial charge in [-0.2, -0.15) is 0 Å². The van der Waals surface area contributed by atoms with Crippen molar-refractivity contribution >= 4 is 34.4 Å². The summed E-state index contributed by atoms with van der Waals surface area (Å²) < 4.78 is 1.59. The summed E-state index contributed by atoms with van der Waals surface area (Å²) in [5, 5.41) is 3.46. The lowest BCUT2D eigenvalue weighted by molar-refractivity contribution is -0.115. The Balaban J connectivity index is 1.86. The van der Waals surface area contributed by atoms with E-state index in [9.17, 15) is 9.59 Å². The van der Waals surface area contributed by atoms with Crippen LogP contribution in [-0.2, 0) is 11.3 Å². The van der Waals surface area contributed by atoms with E-state index >= 15 is 0 Å². The van der Waals surface area contributed by atoms with E-state index in [0.717, 1.165) is 0 Å². The number of pyridine rings is 1. The minimum absolute atomic E-state index is 0.0899. The van der Waals surface area contributed by atoms with Crippen molar-refractivity contribution in [2.24, 2.45) is 0 Å². The topological polar surface area (TPSA) is 76.9 Å². The molecular weight excluding hydrogens is 336 g/mol. The standard InChI is InChI=1S/C18H18N4O2S/c1-3-22-17(24)13-8-4-5-9-14(13)20-18(22)25-12(2)16(23)21-15-10-6-7-11-19-15/h4-12H,3H2,1-2H3,(H,19,21,23). The predicted molar refractivity (Wildman–Crippen MR) is 99.9 cm³/mol. The predicted octanol–water partition coefficient (Wildman–Crippen LogP) is 2.93. The summed E-state index contributed by atoms with van der Waals surface area (Å²) in [6.45, 7) is 4.17. The largest absolute Gasteiger partial charge is 0.310 e. The SMILES string of the molecule is CCn1c(SC(C)C(=O)Nc2ccccn2)nc2ccccc2c1=O. The van der Waals surface area contributed by atoms with Gasteiger partial charge in [-0.05, 0) is 38.1 Å². The average molecular weight is 354 g/mol. The first kappa shape index (κ1) is 17.2. The summed E-state index contributed by atoms with van der Waals surface area (Å²) in [6, 6.07) is 12.6. The number of carbonyl (C=O) groups excluding carboxylic acids is 1. The molecule has 0 aliphatic heterocycles. The van der Waals surface area contributed by atoms with Gasteiger partial charge in [-0.1, -0.05) is 30.0 Å². The first-order valence-corrected chi connectivity index (χ1v) is 8.86. The molecule has 3 rings (SSSR count). The monoisotopic (exact) mass is 354 g/mol. The fourth-order valence-electron chi connectivity index (χ4n) is 2.39. The number of anilines is 1. The molecule has 25 heavy (non-hydrogen) atoms. The molecule has 0 saturated carbocycles. The molecule has 1 unspecified atom stereocenters. The first-order chi connectivity index (χ1) is 12.1. The van der Waals surface area contributed by atoms with Crippen molar-refractivity contribution in [2.75, 3.05) is 5.32 Å². The summed E-state index contributed by atoms with van der Waals surface area (Å²) in [6.07, 6.45) is 1.62. The van der Waals surface area contributed by atoms with Crippen LogP contribution in [0.15, 0.2) is 58.6 Å². The van der Waals surface area contributed by atoms with Crippen LogP contribution in [0, 0.1) is 0 Å². The molecular formula is C18H18N4O2S. The lowest BCUT2D eigenvalue weighted by atomic mass is 10.2. The van der Waals surface area contributed by atoms with Crippen LogP contribution in [0.2, 0.25) is 0 Å². The molecule has 0 bridgehead atoms.